The largest absolute Gasteiger partial charge is 0.493 e. The van der Waals surface area contributed by atoms with Crippen molar-refractivity contribution < 1.29 is 18.8 Å². The lowest BCUT2D eigenvalue weighted by atomic mass is 9.95. The summed E-state index contributed by atoms with van der Waals surface area (Å²) >= 11 is 0. The Morgan fingerprint density at radius 2 is 1.60 bits per heavy atom. The number of aryl methyl sites for hydroxylation is 2. The maximum absolute atomic E-state index is 6.03. The summed E-state index contributed by atoms with van der Waals surface area (Å²) in [7, 11) is 3.34. The minimum atomic E-state index is 0.581. The molecule has 1 aliphatic rings. The smallest absolute Gasteiger partial charge is 0.213 e. The van der Waals surface area contributed by atoms with Crippen molar-refractivity contribution in [1.82, 2.24) is 0 Å². The molecule has 0 fully saturated rings. The predicted molar refractivity (Wildman–Crippen MR) is 117 cm³/mol. The summed E-state index contributed by atoms with van der Waals surface area (Å²) in [5.41, 5.74) is 4.96. The molecule has 1 aromatic heterocycles. The number of ether oxygens (including phenoxy) is 3. The molecule has 0 atom stereocenters. The quantitative estimate of drug-likeness (QED) is 0.446. The molecule has 2 heterocycles. The Bertz CT molecular complexity index is 1220. The van der Waals surface area contributed by atoms with Gasteiger partial charge in [-0.05, 0) is 46.8 Å². The van der Waals surface area contributed by atoms with E-state index in [4.69, 9.17) is 14.2 Å². The molecule has 0 spiro atoms. The first-order valence-corrected chi connectivity index (χ1v) is 10.1. The molecule has 0 aliphatic carbocycles. The Labute approximate surface area is 176 Å². The van der Waals surface area contributed by atoms with Gasteiger partial charge in [0, 0.05) is 23.4 Å². The Balaban J connectivity index is 1.49. The molecule has 4 aromatic rings. The molecular weight excluding hydrogens is 374 g/mol. The first-order valence-electron chi connectivity index (χ1n) is 10.1. The topological polar surface area (TPSA) is 31.6 Å². The number of pyridine rings is 1. The maximum atomic E-state index is 6.03. The van der Waals surface area contributed by atoms with Crippen molar-refractivity contribution in [2.24, 2.45) is 0 Å². The van der Waals surface area contributed by atoms with Crippen LogP contribution in [0.1, 0.15) is 11.1 Å². The Hall–Kier alpha value is -3.53. The van der Waals surface area contributed by atoms with E-state index in [1.165, 1.54) is 22.4 Å². The number of methoxy groups -OCH3 is 2. The normalized spacial score (nSPS) is 12.2. The molecule has 4 heteroatoms. The lowest BCUT2D eigenvalue weighted by Gasteiger charge is -2.17. The minimum absolute atomic E-state index is 0.581. The zero-order valence-corrected chi connectivity index (χ0v) is 17.2. The van der Waals surface area contributed by atoms with Crippen LogP contribution in [0.5, 0.6) is 17.2 Å². The molecule has 0 unspecified atom stereocenters. The zero-order chi connectivity index (χ0) is 20.5. The van der Waals surface area contributed by atoms with Gasteiger partial charge >= 0.3 is 0 Å². The molecule has 5 rings (SSSR count). The first kappa shape index (κ1) is 18.5. The van der Waals surface area contributed by atoms with Crippen LogP contribution in [-0.2, 0) is 19.6 Å². The molecule has 150 valence electrons. The van der Waals surface area contributed by atoms with Gasteiger partial charge in [-0.25, -0.2) is 0 Å². The van der Waals surface area contributed by atoms with Crippen LogP contribution < -0.4 is 18.8 Å². The van der Waals surface area contributed by atoms with E-state index in [-0.39, 0.29) is 0 Å². The maximum Gasteiger partial charge on any atom is 0.213 e. The summed E-state index contributed by atoms with van der Waals surface area (Å²) in [4.78, 5) is 0. The van der Waals surface area contributed by atoms with Crippen molar-refractivity contribution in [2.45, 2.75) is 19.6 Å². The molecule has 4 nitrogen and oxygen atoms in total. The average Bonchev–Trinajstić information content (AvgIpc) is 2.81. The standard InChI is InChI=1S/C26H24NO3/c1-28-25-14-20-13-24-23-9-8-22(30-17-18-6-4-3-5-7-18)12-19(23)10-11-27(24)16-21(20)15-26(25)29-2/h3-9,12-16H,10-11,17H2,1-2H3/q+1. The van der Waals surface area contributed by atoms with Gasteiger partial charge in [0.25, 0.3) is 0 Å². The molecule has 0 radical (unpaired) electrons. The number of rotatable bonds is 5. The predicted octanol–water partition coefficient (Wildman–Crippen LogP) is 4.95. The third-order valence-corrected chi connectivity index (χ3v) is 5.71. The van der Waals surface area contributed by atoms with Crippen LogP contribution in [0.4, 0.5) is 0 Å². The summed E-state index contributed by atoms with van der Waals surface area (Å²) < 4.78 is 19.3. The van der Waals surface area contributed by atoms with E-state index >= 15 is 0 Å². The van der Waals surface area contributed by atoms with Crippen molar-refractivity contribution in [1.29, 1.82) is 0 Å². The highest BCUT2D eigenvalue weighted by molar-refractivity contribution is 5.87. The molecule has 30 heavy (non-hydrogen) atoms. The van der Waals surface area contributed by atoms with Gasteiger partial charge in [0.15, 0.2) is 24.2 Å². The summed E-state index contributed by atoms with van der Waals surface area (Å²) in [6, 6.07) is 23.0. The Morgan fingerprint density at radius 1 is 0.833 bits per heavy atom. The van der Waals surface area contributed by atoms with E-state index in [1.807, 2.05) is 30.3 Å². The van der Waals surface area contributed by atoms with Crippen molar-refractivity contribution in [3.8, 4) is 28.5 Å². The number of hydrogen-bond donors (Lipinski definition) is 0. The molecule has 3 aromatic carbocycles. The fourth-order valence-electron chi connectivity index (χ4n) is 4.13. The van der Waals surface area contributed by atoms with Gasteiger partial charge in [0.05, 0.1) is 14.2 Å². The van der Waals surface area contributed by atoms with E-state index in [2.05, 4.69) is 47.2 Å². The molecule has 0 saturated heterocycles. The fourth-order valence-corrected chi connectivity index (χ4v) is 4.13. The summed E-state index contributed by atoms with van der Waals surface area (Å²) in [5.74, 6) is 2.41. The summed E-state index contributed by atoms with van der Waals surface area (Å²) in [6.07, 6.45) is 3.18. The lowest BCUT2D eigenvalue weighted by molar-refractivity contribution is -0.686. The van der Waals surface area contributed by atoms with Crippen LogP contribution in [0, 0.1) is 0 Å². The number of aromatic nitrogens is 1. The number of fused-ring (bicyclic) bond motifs is 4. The second-order valence-corrected chi connectivity index (χ2v) is 7.53. The van der Waals surface area contributed by atoms with E-state index in [0.29, 0.717) is 6.61 Å². The van der Waals surface area contributed by atoms with Gasteiger partial charge < -0.3 is 14.2 Å². The van der Waals surface area contributed by atoms with Crippen LogP contribution in [0.3, 0.4) is 0 Å². The summed E-state index contributed by atoms with van der Waals surface area (Å²) in [6.45, 7) is 1.52. The Morgan fingerprint density at radius 3 is 2.37 bits per heavy atom. The van der Waals surface area contributed by atoms with Crippen LogP contribution in [0.15, 0.2) is 72.9 Å². The highest BCUT2D eigenvalue weighted by atomic mass is 16.5. The highest BCUT2D eigenvalue weighted by Gasteiger charge is 2.24. The molecule has 0 N–H and O–H groups in total. The van der Waals surface area contributed by atoms with Crippen molar-refractivity contribution in [3.63, 3.8) is 0 Å². The first-order chi connectivity index (χ1) is 14.7. The molecule has 1 aliphatic heterocycles. The van der Waals surface area contributed by atoms with Crippen LogP contribution in [0.2, 0.25) is 0 Å². The zero-order valence-electron chi connectivity index (χ0n) is 17.2. The lowest BCUT2D eigenvalue weighted by Crippen LogP contribution is -2.39. The van der Waals surface area contributed by atoms with E-state index in [1.54, 1.807) is 14.2 Å². The highest BCUT2D eigenvalue weighted by Crippen LogP contribution is 2.35. The third kappa shape index (κ3) is 3.35. The van der Waals surface area contributed by atoms with Gasteiger partial charge in [0.1, 0.15) is 12.4 Å². The van der Waals surface area contributed by atoms with Crippen LogP contribution in [-0.4, -0.2) is 14.2 Å². The number of nitrogens with zero attached hydrogens (tertiary/aromatic N) is 1. The second kappa shape index (κ2) is 7.71. The van der Waals surface area contributed by atoms with Gasteiger partial charge in [-0.15, -0.1) is 0 Å². The van der Waals surface area contributed by atoms with Crippen LogP contribution >= 0.6 is 0 Å². The number of benzene rings is 3. The van der Waals surface area contributed by atoms with Gasteiger partial charge in [0.2, 0.25) is 5.69 Å². The average molecular weight is 398 g/mol. The molecular formula is C26H24NO3+. The minimum Gasteiger partial charge on any atom is -0.493 e. The van der Waals surface area contributed by atoms with E-state index < -0.39 is 0 Å². The molecule has 0 saturated carbocycles. The second-order valence-electron chi connectivity index (χ2n) is 7.53. The van der Waals surface area contributed by atoms with Crippen molar-refractivity contribution in [3.05, 3.63) is 84.1 Å². The fraction of sp³-hybridized carbons (Fsp3) is 0.192. The van der Waals surface area contributed by atoms with E-state index in [0.717, 1.165) is 41.0 Å². The van der Waals surface area contributed by atoms with Gasteiger partial charge in [-0.2, -0.15) is 4.57 Å². The number of hydrogen-bond acceptors (Lipinski definition) is 3. The molecule has 0 bridgehead atoms. The van der Waals surface area contributed by atoms with Gasteiger partial charge in [-0.1, -0.05) is 30.3 Å². The van der Waals surface area contributed by atoms with E-state index in [9.17, 15) is 0 Å². The SMILES string of the molecule is COc1cc2cc3[n+](cc2cc1OC)CCc1cc(OCc2ccccc2)ccc1-3. The van der Waals surface area contributed by atoms with Crippen molar-refractivity contribution in [2.75, 3.05) is 14.2 Å². The monoisotopic (exact) mass is 398 g/mol. The third-order valence-electron chi connectivity index (χ3n) is 5.71. The van der Waals surface area contributed by atoms with Crippen LogP contribution in [0.25, 0.3) is 22.0 Å². The Kier molecular flexibility index (Phi) is 4.75. The molecule has 0 amide bonds. The summed E-state index contributed by atoms with van der Waals surface area (Å²) in [5, 5.41) is 2.28. The van der Waals surface area contributed by atoms with Gasteiger partial charge in [-0.3, -0.25) is 0 Å². The van der Waals surface area contributed by atoms with Crippen molar-refractivity contribution >= 4 is 10.8 Å².